The molecule has 5 nitrogen and oxygen atoms in total. The number of aromatic nitrogens is 4. The number of anilines is 3. The minimum Gasteiger partial charge on any atom is -0.277 e. The summed E-state index contributed by atoms with van der Waals surface area (Å²) >= 11 is 0. The van der Waals surface area contributed by atoms with Gasteiger partial charge in [0.15, 0.2) is 5.82 Å². The average molecular weight is 514 g/mol. The lowest BCUT2D eigenvalue weighted by Gasteiger charge is -2.24. The predicted molar refractivity (Wildman–Crippen MR) is 161 cm³/mol. The Morgan fingerprint density at radius 3 is 1.85 bits per heavy atom. The molecule has 5 aromatic carbocycles. The van der Waals surface area contributed by atoms with Gasteiger partial charge < -0.3 is 0 Å². The zero-order valence-corrected chi connectivity index (χ0v) is 21.5. The van der Waals surface area contributed by atoms with E-state index in [-0.39, 0.29) is 0 Å². The molecule has 2 aromatic heterocycles. The Balaban J connectivity index is 1.48. The Morgan fingerprint density at radius 1 is 0.475 bits per heavy atom. The smallest absolute Gasteiger partial charge is 0.221 e. The zero-order chi connectivity index (χ0) is 26.5. The Kier molecular flexibility index (Phi) is 5.07. The van der Waals surface area contributed by atoms with Crippen LogP contribution in [0, 0.1) is 0 Å². The van der Waals surface area contributed by atoms with Gasteiger partial charge in [-0.25, -0.2) is 15.0 Å². The molecule has 0 atom stereocenters. The fourth-order valence-corrected chi connectivity index (χ4v) is 5.55. The van der Waals surface area contributed by atoms with Crippen LogP contribution in [0.4, 0.5) is 17.5 Å². The number of imidazole rings is 1. The molecule has 1 aliphatic heterocycles. The van der Waals surface area contributed by atoms with Crippen molar-refractivity contribution < 1.29 is 0 Å². The van der Waals surface area contributed by atoms with Crippen molar-refractivity contribution in [1.29, 1.82) is 0 Å². The van der Waals surface area contributed by atoms with Gasteiger partial charge in [-0.3, -0.25) is 9.47 Å². The van der Waals surface area contributed by atoms with Crippen molar-refractivity contribution in [3.8, 4) is 39.5 Å². The van der Waals surface area contributed by atoms with E-state index in [1.54, 1.807) is 0 Å². The van der Waals surface area contributed by atoms with Crippen molar-refractivity contribution in [3.05, 3.63) is 140 Å². The quantitative estimate of drug-likeness (QED) is 0.237. The maximum Gasteiger partial charge on any atom is 0.221 e. The normalized spacial score (nSPS) is 11.9. The molecule has 0 N–H and O–H groups in total. The Bertz CT molecular complexity index is 1950. The fraction of sp³-hybridized carbons (Fsp3) is 0. The Morgan fingerprint density at radius 2 is 1.07 bits per heavy atom. The second-order valence-corrected chi connectivity index (χ2v) is 9.77. The van der Waals surface area contributed by atoms with E-state index in [1.165, 1.54) is 0 Å². The monoisotopic (exact) mass is 513 g/mol. The molecule has 0 unspecified atom stereocenters. The van der Waals surface area contributed by atoms with E-state index in [2.05, 4.69) is 107 Å². The number of benzene rings is 5. The molecular formula is C35H23N5. The van der Waals surface area contributed by atoms with Crippen LogP contribution in [-0.4, -0.2) is 19.5 Å². The third-order valence-electron chi connectivity index (χ3n) is 7.37. The third kappa shape index (κ3) is 3.52. The van der Waals surface area contributed by atoms with Crippen LogP contribution in [0.5, 0.6) is 0 Å². The van der Waals surface area contributed by atoms with E-state index in [0.717, 1.165) is 62.1 Å². The van der Waals surface area contributed by atoms with Gasteiger partial charge in [0.2, 0.25) is 5.95 Å². The average Bonchev–Trinajstić information content (AvgIpc) is 3.35. The number of para-hydroxylation sites is 4. The Hall–Kier alpha value is -5.55. The molecule has 8 rings (SSSR count). The van der Waals surface area contributed by atoms with E-state index in [4.69, 9.17) is 15.0 Å². The number of hydrogen-bond donors (Lipinski definition) is 0. The van der Waals surface area contributed by atoms with E-state index < -0.39 is 0 Å². The number of nitrogens with zero attached hydrogens (tertiary/aromatic N) is 5. The van der Waals surface area contributed by atoms with E-state index in [0.29, 0.717) is 5.82 Å². The summed E-state index contributed by atoms with van der Waals surface area (Å²) in [6, 6.07) is 47.8. The zero-order valence-electron chi connectivity index (χ0n) is 21.5. The van der Waals surface area contributed by atoms with Crippen LogP contribution >= 0.6 is 0 Å². The van der Waals surface area contributed by atoms with Crippen LogP contribution in [0.15, 0.2) is 140 Å². The van der Waals surface area contributed by atoms with Gasteiger partial charge in [-0.2, -0.15) is 0 Å². The highest BCUT2D eigenvalue weighted by Gasteiger charge is 2.30. The van der Waals surface area contributed by atoms with Gasteiger partial charge in [-0.15, -0.1) is 0 Å². The van der Waals surface area contributed by atoms with Gasteiger partial charge >= 0.3 is 0 Å². The summed E-state index contributed by atoms with van der Waals surface area (Å²) in [5.41, 5.74) is 9.18. The molecule has 0 amide bonds. The van der Waals surface area contributed by atoms with Gasteiger partial charge in [0.1, 0.15) is 5.82 Å². The molecule has 0 radical (unpaired) electrons. The van der Waals surface area contributed by atoms with E-state index in [9.17, 15) is 0 Å². The minimum atomic E-state index is 0.666. The van der Waals surface area contributed by atoms with Crippen molar-refractivity contribution in [3.63, 3.8) is 0 Å². The number of fused-ring (bicyclic) bond motifs is 7. The highest BCUT2D eigenvalue weighted by atomic mass is 15.4. The predicted octanol–water partition coefficient (Wildman–Crippen LogP) is 8.60. The molecule has 0 spiro atoms. The van der Waals surface area contributed by atoms with Gasteiger partial charge in [0.05, 0.1) is 28.1 Å². The molecule has 0 fully saturated rings. The summed E-state index contributed by atoms with van der Waals surface area (Å²) in [6.45, 7) is 0. The molecule has 3 heterocycles. The molecule has 0 aliphatic carbocycles. The topological polar surface area (TPSA) is 46.8 Å². The van der Waals surface area contributed by atoms with Gasteiger partial charge in [-0.1, -0.05) is 109 Å². The molecule has 188 valence electrons. The molecule has 0 saturated heterocycles. The van der Waals surface area contributed by atoms with Crippen molar-refractivity contribution in [1.82, 2.24) is 19.5 Å². The van der Waals surface area contributed by atoms with Gasteiger partial charge in [-0.05, 0) is 24.3 Å². The van der Waals surface area contributed by atoms with Gasteiger partial charge in [0, 0.05) is 28.3 Å². The van der Waals surface area contributed by atoms with Crippen molar-refractivity contribution in [2.45, 2.75) is 0 Å². The third-order valence-corrected chi connectivity index (χ3v) is 7.37. The molecule has 0 saturated carbocycles. The Labute approximate surface area is 231 Å². The van der Waals surface area contributed by atoms with Crippen LogP contribution in [0.1, 0.15) is 0 Å². The molecule has 1 aliphatic rings. The highest BCUT2D eigenvalue weighted by Crippen LogP contribution is 2.47. The first kappa shape index (κ1) is 22.4. The van der Waals surface area contributed by atoms with Gasteiger partial charge in [0.25, 0.3) is 0 Å². The first-order valence-corrected chi connectivity index (χ1v) is 13.3. The summed E-state index contributed by atoms with van der Waals surface area (Å²) in [6.07, 6.45) is 0. The standard InChI is InChI=1S/C35H23N5/c1-3-13-24(14-4-1)29-23-33(38-34(36-29)25-15-5-2-6-16-25)40-31-21-11-8-18-27(31)26-17-7-10-20-30(26)39-32-22-12-9-19-28(32)37-35(39)40/h1-23H. The summed E-state index contributed by atoms with van der Waals surface area (Å²) < 4.78 is 2.25. The maximum atomic E-state index is 5.20. The summed E-state index contributed by atoms with van der Waals surface area (Å²) in [5, 5.41) is 0. The fourth-order valence-electron chi connectivity index (χ4n) is 5.55. The van der Waals surface area contributed by atoms with Crippen LogP contribution < -0.4 is 4.90 Å². The highest BCUT2D eigenvalue weighted by molar-refractivity contribution is 5.96. The van der Waals surface area contributed by atoms with Crippen LogP contribution in [0.2, 0.25) is 0 Å². The second kappa shape index (κ2) is 9.03. The molecule has 0 bridgehead atoms. The van der Waals surface area contributed by atoms with E-state index >= 15 is 0 Å². The van der Waals surface area contributed by atoms with Crippen LogP contribution in [0.3, 0.4) is 0 Å². The van der Waals surface area contributed by atoms with Crippen LogP contribution in [-0.2, 0) is 0 Å². The summed E-state index contributed by atoms with van der Waals surface area (Å²) in [7, 11) is 0. The molecule has 5 heteroatoms. The largest absolute Gasteiger partial charge is 0.277 e. The minimum absolute atomic E-state index is 0.666. The maximum absolute atomic E-state index is 5.20. The van der Waals surface area contributed by atoms with Crippen LogP contribution in [0.25, 0.3) is 50.5 Å². The first-order valence-electron chi connectivity index (χ1n) is 13.3. The molecule has 40 heavy (non-hydrogen) atoms. The summed E-state index contributed by atoms with van der Waals surface area (Å²) in [5.74, 6) is 2.21. The summed E-state index contributed by atoms with van der Waals surface area (Å²) in [4.78, 5) is 17.6. The van der Waals surface area contributed by atoms with Crippen molar-refractivity contribution in [2.24, 2.45) is 0 Å². The number of hydrogen-bond acceptors (Lipinski definition) is 4. The molecular weight excluding hydrogens is 490 g/mol. The second-order valence-electron chi connectivity index (χ2n) is 9.77. The van der Waals surface area contributed by atoms with Crippen molar-refractivity contribution in [2.75, 3.05) is 4.90 Å². The lowest BCUT2D eigenvalue weighted by Crippen LogP contribution is -2.16. The van der Waals surface area contributed by atoms with Crippen molar-refractivity contribution >= 4 is 28.5 Å². The lowest BCUT2D eigenvalue weighted by atomic mass is 10.0. The lowest BCUT2D eigenvalue weighted by molar-refractivity contribution is 1.02. The SMILES string of the molecule is c1ccc(-c2cc(N3c4ccccc4-c4ccccc4-n4c3nc3ccccc34)nc(-c3ccccc3)n2)cc1. The van der Waals surface area contributed by atoms with E-state index in [1.807, 2.05) is 42.5 Å². The molecule has 7 aromatic rings. The first-order chi connectivity index (χ1) is 19.8. The number of rotatable bonds is 3.